The van der Waals surface area contributed by atoms with Gasteiger partial charge in [0.15, 0.2) is 0 Å². The van der Waals surface area contributed by atoms with Crippen LogP contribution in [0.3, 0.4) is 0 Å². The zero-order valence-corrected chi connectivity index (χ0v) is 11.0. The van der Waals surface area contributed by atoms with E-state index in [0.29, 0.717) is 24.2 Å². The number of amides is 1. The van der Waals surface area contributed by atoms with E-state index in [1.807, 2.05) is 32.0 Å². The summed E-state index contributed by atoms with van der Waals surface area (Å²) < 4.78 is 0. The molecule has 1 amide bonds. The van der Waals surface area contributed by atoms with E-state index < -0.39 is 0 Å². The number of rotatable bonds is 4. The molecule has 0 unspecified atom stereocenters. The largest absolute Gasteiger partial charge is 0.382 e. The second-order valence-corrected chi connectivity index (χ2v) is 4.96. The van der Waals surface area contributed by atoms with Crippen LogP contribution in [0.15, 0.2) is 18.2 Å². The molecular weight excluding hydrogens is 226 g/mol. The molecule has 0 aliphatic heterocycles. The van der Waals surface area contributed by atoms with Gasteiger partial charge in [-0.15, -0.1) is 0 Å². The van der Waals surface area contributed by atoms with Crippen LogP contribution in [0.25, 0.3) is 0 Å². The third-order valence-electron chi connectivity index (χ3n) is 3.36. The summed E-state index contributed by atoms with van der Waals surface area (Å²) in [6, 6.07) is 6.58. The average Bonchev–Trinajstić information content (AvgIpc) is 2.29. The maximum atomic E-state index is 11.7. The Balaban J connectivity index is 2.03. The van der Waals surface area contributed by atoms with Gasteiger partial charge in [0.1, 0.15) is 0 Å². The van der Waals surface area contributed by atoms with Crippen molar-refractivity contribution in [3.63, 3.8) is 0 Å². The van der Waals surface area contributed by atoms with Crippen molar-refractivity contribution in [1.29, 1.82) is 0 Å². The standard InChI is InChI=1S/C14H21N3O/c1-3-16-14(18)10-4-5-13(9(2)6-10)17-12-7-11(15)8-12/h4-6,11-12,17H,3,7-8,15H2,1-2H3,(H,16,18). The van der Waals surface area contributed by atoms with Gasteiger partial charge in [-0.25, -0.2) is 0 Å². The minimum absolute atomic E-state index is 0.0159. The highest BCUT2D eigenvalue weighted by atomic mass is 16.1. The molecule has 1 aliphatic rings. The van der Waals surface area contributed by atoms with Gasteiger partial charge in [-0.1, -0.05) is 0 Å². The van der Waals surface area contributed by atoms with E-state index in [4.69, 9.17) is 5.73 Å². The Morgan fingerprint density at radius 3 is 2.72 bits per heavy atom. The van der Waals surface area contributed by atoms with E-state index in [1.165, 1.54) is 0 Å². The maximum Gasteiger partial charge on any atom is 0.251 e. The molecule has 4 heteroatoms. The van der Waals surface area contributed by atoms with Gasteiger partial charge in [-0.2, -0.15) is 0 Å². The fraction of sp³-hybridized carbons (Fsp3) is 0.500. The molecule has 98 valence electrons. The highest BCUT2D eigenvalue weighted by Crippen LogP contribution is 2.25. The average molecular weight is 247 g/mol. The second kappa shape index (κ2) is 5.40. The maximum absolute atomic E-state index is 11.7. The molecule has 4 N–H and O–H groups in total. The van der Waals surface area contributed by atoms with Crippen molar-refractivity contribution in [1.82, 2.24) is 5.32 Å². The molecule has 0 bridgehead atoms. The Bertz CT molecular complexity index is 439. The van der Waals surface area contributed by atoms with Gasteiger partial charge in [0.2, 0.25) is 0 Å². The first-order chi connectivity index (χ1) is 8.60. The molecule has 1 fully saturated rings. The number of hydrogen-bond acceptors (Lipinski definition) is 3. The summed E-state index contributed by atoms with van der Waals surface area (Å²) in [5, 5.41) is 6.27. The Kier molecular flexibility index (Phi) is 3.87. The third-order valence-corrected chi connectivity index (χ3v) is 3.36. The minimum Gasteiger partial charge on any atom is -0.382 e. The van der Waals surface area contributed by atoms with Crippen LogP contribution >= 0.6 is 0 Å². The van der Waals surface area contributed by atoms with Crippen molar-refractivity contribution in [2.24, 2.45) is 5.73 Å². The van der Waals surface area contributed by atoms with E-state index in [2.05, 4.69) is 10.6 Å². The Hall–Kier alpha value is -1.55. The van der Waals surface area contributed by atoms with Gasteiger partial charge >= 0.3 is 0 Å². The first-order valence-corrected chi connectivity index (χ1v) is 6.51. The summed E-state index contributed by atoms with van der Waals surface area (Å²) >= 11 is 0. The molecule has 18 heavy (non-hydrogen) atoms. The normalized spacial score (nSPS) is 22.2. The predicted octanol–water partition coefficient (Wildman–Crippen LogP) is 1.65. The number of aryl methyl sites for hydroxylation is 1. The number of hydrogen-bond donors (Lipinski definition) is 3. The van der Waals surface area contributed by atoms with Crippen LogP contribution < -0.4 is 16.4 Å². The lowest BCUT2D eigenvalue weighted by Crippen LogP contribution is -2.44. The van der Waals surface area contributed by atoms with Gasteiger partial charge in [0, 0.05) is 29.9 Å². The second-order valence-electron chi connectivity index (χ2n) is 4.96. The fourth-order valence-electron chi connectivity index (χ4n) is 2.23. The summed E-state index contributed by atoms with van der Waals surface area (Å²) in [6.45, 7) is 4.59. The number of nitrogens with one attached hydrogen (secondary N) is 2. The summed E-state index contributed by atoms with van der Waals surface area (Å²) in [4.78, 5) is 11.7. The monoisotopic (exact) mass is 247 g/mol. The Morgan fingerprint density at radius 1 is 1.44 bits per heavy atom. The number of carbonyl (C=O) groups excluding carboxylic acids is 1. The molecule has 1 saturated carbocycles. The zero-order chi connectivity index (χ0) is 13.1. The van der Waals surface area contributed by atoms with E-state index in [1.54, 1.807) is 0 Å². The van der Waals surface area contributed by atoms with Crippen LogP contribution in [-0.4, -0.2) is 24.5 Å². The van der Waals surface area contributed by atoms with Crippen molar-refractivity contribution in [2.75, 3.05) is 11.9 Å². The predicted molar refractivity (Wildman–Crippen MR) is 73.8 cm³/mol. The van der Waals surface area contributed by atoms with Crippen LogP contribution in [-0.2, 0) is 0 Å². The molecule has 1 aromatic rings. The lowest BCUT2D eigenvalue weighted by molar-refractivity contribution is 0.0956. The van der Waals surface area contributed by atoms with Crippen molar-refractivity contribution >= 4 is 11.6 Å². The van der Waals surface area contributed by atoms with Gasteiger partial charge in [0.05, 0.1) is 0 Å². The van der Waals surface area contributed by atoms with Crippen molar-refractivity contribution in [2.45, 2.75) is 38.8 Å². The van der Waals surface area contributed by atoms with Gasteiger partial charge in [-0.05, 0) is 50.5 Å². The molecular formula is C14H21N3O. The molecule has 0 atom stereocenters. The molecule has 0 heterocycles. The van der Waals surface area contributed by atoms with Crippen LogP contribution in [0.5, 0.6) is 0 Å². The Labute approximate surface area is 108 Å². The van der Waals surface area contributed by atoms with Crippen LogP contribution in [0.4, 0.5) is 5.69 Å². The molecule has 2 rings (SSSR count). The van der Waals surface area contributed by atoms with Crippen LogP contribution in [0.1, 0.15) is 35.7 Å². The van der Waals surface area contributed by atoms with Crippen molar-refractivity contribution in [3.05, 3.63) is 29.3 Å². The number of carbonyl (C=O) groups is 1. The van der Waals surface area contributed by atoms with Crippen molar-refractivity contribution < 1.29 is 4.79 Å². The number of benzene rings is 1. The highest BCUT2D eigenvalue weighted by Gasteiger charge is 2.25. The first kappa shape index (κ1) is 12.9. The molecule has 4 nitrogen and oxygen atoms in total. The van der Waals surface area contributed by atoms with Gasteiger partial charge in [0.25, 0.3) is 5.91 Å². The number of anilines is 1. The topological polar surface area (TPSA) is 67.2 Å². The molecule has 0 aromatic heterocycles. The SMILES string of the molecule is CCNC(=O)c1ccc(NC2CC(N)C2)c(C)c1. The smallest absolute Gasteiger partial charge is 0.251 e. The summed E-state index contributed by atoms with van der Waals surface area (Å²) in [5.41, 5.74) is 8.67. The molecule has 0 radical (unpaired) electrons. The van der Waals surface area contributed by atoms with E-state index >= 15 is 0 Å². The van der Waals surface area contributed by atoms with Crippen molar-refractivity contribution in [3.8, 4) is 0 Å². The third kappa shape index (κ3) is 2.82. The summed E-state index contributed by atoms with van der Waals surface area (Å²) in [7, 11) is 0. The Morgan fingerprint density at radius 2 is 2.17 bits per heavy atom. The first-order valence-electron chi connectivity index (χ1n) is 6.51. The van der Waals surface area contributed by atoms with E-state index in [-0.39, 0.29) is 5.91 Å². The molecule has 0 spiro atoms. The summed E-state index contributed by atoms with van der Waals surface area (Å²) in [6.07, 6.45) is 2.05. The zero-order valence-electron chi connectivity index (χ0n) is 11.0. The lowest BCUT2D eigenvalue weighted by atomic mass is 9.87. The van der Waals surface area contributed by atoms with E-state index in [0.717, 1.165) is 24.1 Å². The molecule has 0 saturated heterocycles. The van der Waals surface area contributed by atoms with Crippen LogP contribution in [0, 0.1) is 6.92 Å². The van der Waals surface area contributed by atoms with Gasteiger partial charge < -0.3 is 16.4 Å². The lowest BCUT2D eigenvalue weighted by Gasteiger charge is -2.34. The minimum atomic E-state index is -0.0159. The molecule has 1 aromatic carbocycles. The quantitative estimate of drug-likeness (QED) is 0.758. The van der Waals surface area contributed by atoms with E-state index in [9.17, 15) is 4.79 Å². The van der Waals surface area contributed by atoms with Crippen LogP contribution in [0.2, 0.25) is 0 Å². The molecule has 1 aliphatic carbocycles. The number of nitrogens with two attached hydrogens (primary N) is 1. The highest BCUT2D eigenvalue weighted by molar-refractivity contribution is 5.94. The summed E-state index contributed by atoms with van der Waals surface area (Å²) in [5.74, 6) is -0.0159. The fourth-order valence-corrected chi connectivity index (χ4v) is 2.23. The van der Waals surface area contributed by atoms with Gasteiger partial charge in [-0.3, -0.25) is 4.79 Å².